The summed E-state index contributed by atoms with van der Waals surface area (Å²) in [5, 5.41) is 0. The van der Waals surface area contributed by atoms with Gasteiger partial charge in [-0.15, -0.1) is 0 Å². The van der Waals surface area contributed by atoms with Crippen molar-refractivity contribution in [2.24, 2.45) is 5.92 Å². The molecule has 0 aliphatic carbocycles. The standard InChI is InChI=1S/C13H22O/c1-4-6-7-13-12(8-9-14-13)10-11(3)5-2/h5,10,12-13H,2,4,6-9H2,1,3H3/b11-10+/t12-,13+/m1/s1. The fraction of sp³-hybridized carbons (Fsp3) is 0.692. The molecule has 0 N–H and O–H groups in total. The maximum absolute atomic E-state index is 5.73. The van der Waals surface area contributed by atoms with Gasteiger partial charge in [-0.1, -0.05) is 44.1 Å². The van der Waals surface area contributed by atoms with Crippen LogP contribution in [-0.2, 0) is 4.74 Å². The minimum Gasteiger partial charge on any atom is -0.378 e. The fourth-order valence-corrected chi connectivity index (χ4v) is 1.96. The van der Waals surface area contributed by atoms with E-state index in [0.29, 0.717) is 12.0 Å². The first-order valence-electron chi connectivity index (χ1n) is 5.70. The van der Waals surface area contributed by atoms with Gasteiger partial charge in [0.25, 0.3) is 0 Å². The Hall–Kier alpha value is -0.560. The summed E-state index contributed by atoms with van der Waals surface area (Å²) in [6.45, 7) is 9.06. The number of hydrogen-bond donors (Lipinski definition) is 0. The topological polar surface area (TPSA) is 9.23 Å². The van der Waals surface area contributed by atoms with Crippen LogP contribution in [0.2, 0.25) is 0 Å². The smallest absolute Gasteiger partial charge is 0.0638 e. The van der Waals surface area contributed by atoms with Crippen LogP contribution in [0.15, 0.2) is 24.3 Å². The summed E-state index contributed by atoms with van der Waals surface area (Å²) in [6, 6.07) is 0. The molecule has 0 aromatic carbocycles. The molecule has 0 amide bonds. The summed E-state index contributed by atoms with van der Waals surface area (Å²) in [5.74, 6) is 0.625. The van der Waals surface area contributed by atoms with Gasteiger partial charge in [-0.2, -0.15) is 0 Å². The zero-order chi connectivity index (χ0) is 10.4. The van der Waals surface area contributed by atoms with Crippen molar-refractivity contribution in [2.45, 2.75) is 45.6 Å². The summed E-state index contributed by atoms with van der Waals surface area (Å²) in [4.78, 5) is 0. The molecule has 0 bridgehead atoms. The highest BCUT2D eigenvalue weighted by Crippen LogP contribution is 2.27. The van der Waals surface area contributed by atoms with Crippen LogP contribution in [0.4, 0.5) is 0 Å². The average molecular weight is 194 g/mol. The average Bonchev–Trinajstić information content (AvgIpc) is 2.62. The van der Waals surface area contributed by atoms with E-state index < -0.39 is 0 Å². The highest BCUT2D eigenvalue weighted by molar-refractivity contribution is 5.15. The van der Waals surface area contributed by atoms with E-state index in [0.717, 1.165) is 6.61 Å². The zero-order valence-corrected chi connectivity index (χ0v) is 9.46. The van der Waals surface area contributed by atoms with Gasteiger partial charge in [0.15, 0.2) is 0 Å². The molecule has 1 aliphatic rings. The molecule has 1 heteroatoms. The van der Waals surface area contributed by atoms with Crippen molar-refractivity contribution in [1.29, 1.82) is 0 Å². The van der Waals surface area contributed by atoms with E-state index in [1.165, 1.54) is 31.3 Å². The first kappa shape index (κ1) is 11.5. The Labute approximate surface area is 87.8 Å². The zero-order valence-electron chi connectivity index (χ0n) is 9.46. The van der Waals surface area contributed by atoms with E-state index in [1.54, 1.807) is 0 Å². The second-order valence-corrected chi connectivity index (χ2v) is 4.12. The summed E-state index contributed by atoms with van der Waals surface area (Å²) >= 11 is 0. The Bertz CT molecular complexity index is 205. The lowest BCUT2D eigenvalue weighted by molar-refractivity contribution is 0.0900. The largest absolute Gasteiger partial charge is 0.378 e. The van der Waals surface area contributed by atoms with E-state index >= 15 is 0 Å². The second-order valence-electron chi connectivity index (χ2n) is 4.12. The second kappa shape index (κ2) is 6.02. The van der Waals surface area contributed by atoms with Crippen LogP contribution in [0.1, 0.15) is 39.5 Å². The van der Waals surface area contributed by atoms with Crippen LogP contribution in [0.25, 0.3) is 0 Å². The summed E-state index contributed by atoms with van der Waals surface area (Å²) in [5.41, 5.74) is 1.28. The van der Waals surface area contributed by atoms with Crippen molar-refractivity contribution in [3.05, 3.63) is 24.3 Å². The molecule has 0 aromatic rings. The molecule has 0 radical (unpaired) electrons. The first-order chi connectivity index (χ1) is 6.77. The highest BCUT2D eigenvalue weighted by Gasteiger charge is 2.25. The van der Waals surface area contributed by atoms with Crippen LogP contribution < -0.4 is 0 Å². The quantitative estimate of drug-likeness (QED) is 0.606. The minimum atomic E-state index is 0.463. The first-order valence-corrected chi connectivity index (χ1v) is 5.70. The Kier molecular flexibility index (Phi) is 4.95. The molecular weight excluding hydrogens is 172 g/mol. The molecule has 80 valence electrons. The highest BCUT2D eigenvalue weighted by atomic mass is 16.5. The van der Waals surface area contributed by atoms with Gasteiger partial charge in [-0.3, -0.25) is 0 Å². The molecule has 1 fully saturated rings. The Morgan fingerprint density at radius 1 is 1.57 bits per heavy atom. The van der Waals surface area contributed by atoms with E-state index in [-0.39, 0.29) is 0 Å². The number of unbranched alkanes of at least 4 members (excludes halogenated alkanes) is 1. The third-order valence-corrected chi connectivity index (χ3v) is 2.90. The molecule has 1 heterocycles. The van der Waals surface area contributed by atoms with Gasteiger partial charge < -0.3 is 4.74 Å². The lowest BCUT2D eigenvalue weighted by Crippen LogP contribution is -2.14. The van der Waals surface area contributed by atoms with Crippen LogP contribution in [0.3, 0.4) is 0 Å². The van der Waals surface area contributed by atoms with Crippen LogP contribution in [0.5, 0.6) is 0 Å². The van der Waals surface area contributed by atoms with Crippen molar-refractivity contribution >= 4 is 0 Å². The third-order valence-electron chi connectivity index (χ3n) is 2.90. The van der Waals surface area contributed by atoms with E-state index in [1.807, 2.05) is 6.08 Å². The Morgan fingerprint density at radius 3 is 3.00 bits per heavy atom. The number of hydrogen-bond acceptors (Lipinski definition) is 1. The van der Waals surface area contributed by atoms with Crippen LogP contribution in [-0.4, -0.2) is 12.7 Å². The molecular formula is C13H22O. The predicted molar refractivity (Wildman–Crippen MR) is 61.3 cm³/mol. The predicted octanol–water partition coefficient (Wildman–Crippen LogP) is 3.71. The van der Waals surface area contributed by atoms with Crippen molar-refractivity contribution in [3.8, 4) is 0 Å². The van der Waals surface area contributed by atoms with Crippen molar-refractivity contribution in [2.75, 3.05) is 6.61 Å². The summed E-state index contributed by atoms with van der Waals surface area (Å²) < 4.78 is 5.73. The molecule has 1 nitrogen and oxygen atoms in total. The molecule has 1 aliphatic heterocycles. The van der Waals surface area contributed by atoms with Gasteiger partial charge in [-0.25, -0.2) is 0 Å². The van der Waals surface area contributed by atoms with Crippen molar-refractivity contribution in [3.63, 3.8) is 0 Å². The lowest BCUT2D eigenvalue weighted by Gasteiger charge is -2.15. The Morgan fingerprint density at radius 2 is 2.36 bits per heavy atom. The molecule has 14 heavy (non-hydrogen) atoms. The summed E-state index contributed by atoms with van der Waals surface area (Å²) in [7, 11) is 0. The molecule has 0 saturated carbocycles. The normalized spacial score (nSPS) is 28.0. The van der Waals surface area contributed by atoms with Crippen LogP contribution >= 0.6 is 0 Å². The molecule has 0 unspecified atom stereocenters. The van der Waals surface area contributed by atoms with Gasteiger partial charge in [0.1, 0.15) is 0 Å². The minimum absolute atomic E-state index is 0.463. The lowest BCUT2D eigenvalue weighted by atomic mass is 9.95. The SMILES string of the molecule is C=C/C(C)=C/[C@H]1CCO[C@H]1CCCC. The van der Waals surface area contributed by atoms with Crippen molar-refractivity contribution < 1.29 is 4.74 Å². The Balaban J connectivity index is 2.46. The maximum Gasteiger partial charge on any atom is 0.0638 e. The van der Waals surface area contributed by atoms with Crippen molar-refractivity contribution in [1.82, 2.24) is 0 Å². The molecule has 2 atom stereocenters. The van der Waals surface area contributed by atoms with Gasteiger partial charge >= 0.3 is 0 Å². The maximum atomic E-state index is 5.73. The van der Waals surface area contributed by atoms with E-state index in [2.05, 4.69) is 26.5 Å². The van der Waals surface area contributed by atoms with E-state index in [4.69, 9.17) is 4.74 Å². The monoisotopic (exact) mass is 194 g/mol. The molecule has 0 aromatic heterocycles. The molecule has 1 saturated heterocycles. The third kappa shape index (κ3) is 3.30. The van der Waals surface area contributed by atoms with Gasteiger partial charge in [0.05, 0.1) is 6.10 Å². The van der Waals surface area contributed by atoms with E-state index in [9.17, 15) is 0 Å². The molecule has 0 spiro atoms. The van der Waals surface area contributed by atoms with Crippen LogP contribution in [0, 0.1) is 5.92 Å². The van der Waals surface area contributed by atoms with Gasteiger partial charge in [0, 0.05) is 12.5 Å². The molecule has 1 rings (SSSR count). The number of allylic oxidation sites excluding steroid dienone is 2. The number of rotatable bonds is 5. The van der Waals surface area contributed by atoms with Gasteiger partial charge in [0.2, 0.25) is 0 Å². The summed E-state index contributed by atoms with van der Waals surface area (Å²) in [6.07, 6.45) is 9.64. The van der Waals surface area contributed by atoms with Gasteiger partial charge in [-0.05, 0) is 19.8 Å². The number of ether oxygens (including phenoxy) is 1. The fourth-order valence-electron chi connectivity index (χ4n) is 1.96.